The molecule has 7 nitrogen and oxygen atoms in total. The van der Waals surface area contributed by atoms with Gasteiger partial charge in [0.1, 0.15) is 0 Å². The summed E-state index contributed by atoms with van der Waals surface area (Å²) in [6, 6.07) is 8.15. The van der Waals surface area contributed by atoms with E-state index in [1.54, 1.807) is 22.2 Å². The van der Waals surface area contributed by atoms with Crippen LogP contribution in [-0.4, -0.2) is 30.6 Å². The lowest BCUT2D eigenvalue weighted by molar-refractivity contribution is 0.0938. The molecule has 1 aliphatic carbocycles. The number of carbonyl (C=O) groups is 1. The van der Waals surface area contributed by atoms with E-state index in [1.807, 2.05) is 38.4 Å². The Balaban J connectivity index is 1.44. The van der Waals surface area contributed by atoms with Crippen molar-refractivity contribution in [3.8, 4) is 17.2 Å². The average Bonchev–Trinajstić information content (AvgIpc) is 3.39. The first kappa shape index (κ1) is 19.6. The van der Waals surface area contributed by atoms with E-state index in [1.165, 1.54) is 5.56 Å². The molecule has 8 heteroatoms. The van der Waals surface area contributed by atoms with Crippen LogP contribution in [0.25, 0.3) is 17.2 Å². The first-order chi connectivity index (χ1) is 15.0. The number of thiazole rings is 1. The second-order valence-corrected chi connectivity index (χ2v) is 8.81. The lowest BCUT2D eigenvalue weighted by atomic mass is 9.90. The normalized spacial score (nSPS) is 13.4. The predicted octanol–water partition coefficient (Wildman–Crippen LogP) is 3.99. The molecule has 1 N–H and O–H groups in total. The molecule has 0 saturated heterocycles. The Kier molecular flexibility index (Phi) is 4.86. The van der Waals surface area contributed by atoms with Crippen LogP contribution in [-0.2, 0) is 12.8 Å². The number of fused-ring (bicyclic) bond motifs is 3. The molecule has 5 rings (SSSR count). The summed E-state index contributed by atoms with van der Waals surface area (Å²) < 4.78 is 1.63. The average molecular weight is 431 g/mol. The Morgan fingerprint density at radius 1 is 1.13 bits per heavy atom. The molecule has 1 aromatic carbocycles. The van der Waals surface area contributed by atoms with Crippen molar-refractivity contribution in [2.24, 2.45) is 0 Å². The fourth-order valence-corrected chi connectivity index (χ4v) is 4.62. The van der Waals surface area contributed by atoms with E-state index in [4.69, 9.17) is 4.98 Å². The molecule has 1 atom stereocenters. The second-order valence-electron chi connectivity index (χ2n) is 7.74. The molecule has 0 fully saturated rings. The molecular formula is C23H22N6OS. The number of hydrogen-bond donors (Lipinski definition) is 1. The van der Waals surface area contributed by atoms with Crippen LogP contribution >= 0.6 is 11.3 Å². The van der Waals surface area contributed by atoms with Gasteiger partial charge in [0, 0.05) is 17.1 Å². The minimum atomic E-state index is -0.190. The van der Waals surface area contributed by atoms with Crippen molar-refractivity contribution in [2.75, 3.05) is 0 Å². The van der Waals surface area contributed by atoms with Crippen molar-refractivity contribution in [1.29, 1.82) is 0 Å². The number of nitrogens with zero attached hydrogens (tertiary/aromatic N) is 5. The van der Waals surface area contributed by atoms with E-state index >= 15 is 0 Å². The fraction of sp³-hybridized carbons (Fsp3) is 0.261. The van der Waals surface area contributed by atoms with Gasteiger partial charge < -0.3 is 5.32 Å². The minimum Gasteiger partial charge on any atom is -0.344 e. The summed E-state index contributed by atoms with van der Waals surface area (Å²) in [7, 11) is 0. The lowest BCUT2D eigenvalue weighted by Gasteiger charge is -2.19. The molecule has 3 heterocycles. The highest BCUT2D eigenvalue weighted by Crippen LogP contribution is 2.31. The van der Waals surface area contributed by atoms with E-state index in [9.17, 15) is 4.79 Å². The van der Waals surface area contributed by atoms with Crippen molar-refractivity contribution >= 4 is 17.2 Å². The molecule has 0 saturated carbocycles. The molecular weight excluding hydrogens is 408 g/mol. The highest BCUT2D eigenvalue weighted by molar-refractivity contribution is 7.09. The number of benzene rings is 1. The third-order valence-corrected chi connectivity index (χ3v) is 6.45. The zero-order valence-electron chi connectivity index (χ0n) is 17.6. The number of rotatable bonds is 4. The Morgan fingerprint density at radius 3 is 2.74 bits per heavy atom. The van der Waals surface area contributed by atoms with Crippen molar-refractivity contribution in [3.63, 3.8) is 0 Å². The first-order valence-corrected chi connectivity index (χ1v) is 11.1. The van der Waals surface area contributed by atoms with Crippen molar-refractivity contribution in [3.05, 3.63) is 75.1 Å². The van der Waals surface area contributed by atoms with Crippen LogP contribution in [0.3, 0.4) is 0 Å². The number of aromatic nitrogens is 5. The van der Waals surface area contributed by atoms with Gasteiger partial charge in [0.15, 0.2) is 0 Å². The molecule has 31 heavy (non-hydrogen) atoms. The molecule has 4 aromatic rings. The summed E-state index contributed by atoms with van der Waals surface area (Å²) in [4.78, 5) is 26.7. The van der Waals surface area contributed by atoms with E-state index < -0.39 is 0 Å². The molecule has 0 spiro atoms. The molecule has 0 aliphatic heterocycles. The first-order valence-electron chi connectivity index (χ1n) is 10.2. The van der Waals surface area contributed by atoms with Gasteiger partial charge >= 0.3 is 0 Å². The Bertz CT molecular complexity index is 1290. The van der Waals surface area contributed by atoms with Crippen LogP contribution in [0.5, 0.6) is 0 Å². The Labute approximate surface area is 184 Å². The van der Waals surface area contributed by atoms with E-state index in [0.717, 1.165) is 40.4 Å². The number of nitrogens with one attached hydrogen (secondary N) is 1. The molecule has 3 aromatic heterocycles. The van der Waals surface area contributed by atoms with Crippen molar-refractivity contribution in [2.45, 2.75) is 39.7 Å². The summed E-state index contributed by atoms with van der Waals surface area (Å²) in [6.45, 7) is 5.74. The van der Waals surface area contributed by atoms with Gasteiger partial charge in [-0.2, -0.15) is 5.10 Å². The van der Waals surface area contributed by atoms with Crippen LogP contribution < -0.4 is 5.32 Å². The van der Waals surface area contributed by atoms with Crippen LogP contribution in [0.2, 0.25) is 0 Å². The maximum atomic E-state index is 12.9. The monoisotopic (exact) mass is 430 g/mol. The summed E-state index contributed by atoms with van der Waals surface area (Å²) in [5.41, 5.74) is 6.57. The van der Waals surface area contributed by atoms with Gasteiger partial charge in [-0.25, -0.2) is 19.6 Å². The topological polar surface area (TPSA) is 85.6 Å². The molecule has 156 valence electrons. The van der Waals surface area contributed by atoms with E-state index in [2.05, 4.69) is 38.6 Å². The van der Waals surface area contributed by atoms with Crippen LogP contribution in [0.15, 0.2) is 42.0 Å². The maximum absolute atomic E-state index is 12.9. The number of aryl methyl sites for hydroxylation is 3. The zero-order chi connectivity index (χ0) is 21.5. The maximum Gasteiger partial charge on any atom is 0.255 e. The van der Waals surface area contributed by atoms with Gasteiger partial charge in [-0.05, 0) is 44.7 Å². The Morgan fingerprint density at radius 2 is 1.94 bits per heavy atom. The molecule has 0 radical (unpaired) electrons. The van der Waals surface area contributed by atoms with E-state index in [-0.39, 0.29) is 11.9 Å². The van der Waals surface area contributed by atoms with E-state index in [0.29, 0.717) is 17.2 Å². The number of amides is 1. The van der Waals surface area contributed by atoms with Gasteiger partial charge in [0.2, 0.25) is 0 Å². The summed E-state index contributed by atoms with van der Waals surface area (Å²) in [5, 5.41) is 10.4. The zero-order valence-corrected chi connectivity index (χ0v) is 18.4. The molecule has 1 amide bonds. The van der Waals surface area contributed by atoms with Crippen LogP contribution in [0.4, 0.5) is 0 Å². The molecule has 0 bridgehead atoms. The Hall–Kier alpha value is -3.39. The summed E-state index contributed by atoms with van der Waals surface area (Å²) in [5.74, 6) is 0.278. The quantitative estimate of drug-likeness (QED) is 0.529. The van der Waals surface area contributed by atoms with Gasteiger partial charge in [-0.15, -0.1) is 11.3 Å². The number of hydrogen-bond acceptors (Lipinski definition) is 6. The van der Waals surface area contributed by atoms with Crippen molar-refractivity contribution < 1.29 is 4.79 Å². The highest BCUT2D eigenvalue weighted by Gasteiger charge is 2.22. The third kappa shape index (κ3) is 3.53. The van der Waals surface area contributed by atoms with Gasteiger partial charge in [-0.3, -0.25) is 4.79 Å². The van der Waals surface area contributed by atoms with Gasteiger partial charge in [0.25, 0.3) is 11.9 Å². The highest BCUT2D eigenvalue weighted by atomic mass is 32.1. The van der Waals surface area contributed by atoms with Gasteiger partial charge in [-0.1, -0.05) is 24.3 Å². The standard InChI is InChI=1S/C23H22N6OS/c1-13(20-12-31-15(3)27-20)26-22(30)19-11-25-29(14(19)2)23-24-10-17-9-8-16-6-4-5-7-18(16)21(17)28-23/h4-7,10-13H,8-9H2,1-3H3,(H,26,30). The fourth-order valence-electron chi connectivity index (χ4n) is 3.92. The van der Waals surface area contributed by atoms with Gasteiger partial charge in [0.05, 0.1) is 39.9 Å². The number of carbonyl (C=O) groups excluding carboxylic acids is 1. The van der Waals surface area contributed by atoms with Crippen LogP contribution in [0.1, 0.15) is 50.8 Å². The lowest BCUT2D eigenvalue weighted by Crippen LogP contribution is -2.27. The second kappa shape index (κ2) is 7.70. The largest absolute Gasteiger partial charge is 0.344 e. The van der Waals surface area contributed by atoms with Crippen LogP contribution in [0, 0.1) is 13.8 Å². The summed E-state index contributed by atoms with van der Waals surface area (Å²) in [6.07, 6.45) is 5.36. The predicted molar refractivity (Wildman–Crippen MR) is 119 cm³/mol. The summed E-state index contributed by atoms with van der Waals surface area (Å²) >= 11 is 1.57. The molecule has 1 aliphatic rings. The van der Waals surface area contributed by atoms with Crippen molar-refractivity contribution in [1.82, 2.24) is 30.0 Å². The SMILES string of the molecule is Cc1nc(C(C)NC(=O)c2cnn(-c3ncc4c(n3)-c3ccccc3CC4)c2C)cs1. The third-order valence-electron chi connectivity index (χ3n) is 5.66. The smallest absolute Gasteiger partial charge is 0.255 e. The minimum absolute atomic E-state index is 0.184. The molecule has 1 unspecified atom stereocenters.